The fourth-order valence-electron chi connectivity index (χ4n) is 2.05. The van der Waals surface area contributed by atoms with E-state index in [1.165, 1.54) is 19.1 Å². The Bertz CT molecular complexity index is 662. The maximum Gasteiger partial charge on any atom is 0.293 e. The molecule has 0 N–H and O–H groups in total. The van der Waals surface area contributed by atoms with Crippen LogP contribution in [0, 0.1) is 0 Å². The Balaban J connectivity index is 2.30. The SMILES string of the molecule is COCCN1C(=O)S/C(=C\c2cc(Br)c(OC)c(OC)c2)C1=O. The van der Waals surface area contributed by atoms with Crippen molar-refractivity contribution in [3.63, 3.8) is 0 Å². The molecule has 1 aromatic rings. The molecule has 1 heterocycles. The minimum atomic E-state index is -0.317. The minimum Gasteiger partial charge on any atom is -0.493 e. The Hall–Kier alpha value is -1.51. The molecule has 0 unspecified atom stereocenters. The number of carbonyl (C=O) groups is 2. The Labute approximate surface area is 146 Å². The molecule has 0 aliphatic carbocycles. The van der Waals surface area contributed by atoms with Crippen molar-refractivity contribution in [3.05, 3.63) is 27.1 Å². The number of thioether (sulfide) groups is 1. The number of rotatable bonds is 6. The van der Waals surface area contributed by atoms with E-state index >= 15 is 0 Å². The van der Waals surface area contributed by atoms with Crippen LogP contribution in [0.2, 0.25) is 0 Å². The van der Waals surface area contributed by atoms with Crippen molar-refractivity contribution in [1.82, 2.24) is 4.90 Å². The Kier molecular flexibility index (Phi) is 6.09. The first-order chi connectivity index (χ1) is 11.0. The van der Waals surface area contributed by atoms with Gasteiger partial charge in [0, 0.05) is 7.11 Å². The first kappa shape index (κ1) is 17.8. The van der Waals surface area contributed by atoms with Gasteiger partial charge in [0.1, 0.15) is 0 Å². The molecule has 2 amide bonds. The second-order valence-corrected chi connectivity index (χ2v) is 6.41. The van der Waals surface area contributed by atoms with Crippen LogP contribution in [0.3, 0.4) is 0 Å². The molecule has 0 saturated carbocycles. The lowest BCUT2D eigenvalue weighted by Crippen LogP contribution is -2.31. The number of amides is 2. The summed E-state index contributed by atoms with van der Waals surface area (Å²) in [5.74, 6) is 0.785. The van der Waals surface area contributed by atoms with Crippen LogP contribution in [0.4, 0.5) is 4.79 Å². The molecule has 0 aromatic heterocycles. The van der Waals surface area contributed by atoms with Gasteiger partial charge in [-0.25, -0.2) is 0 Å². The maximum atomic E-state index is 12.3. The average Bonchev–Trinajstić information content (AvgIpc) is 2.78. The summed E-state index contributed by atoms with van der Waals surface area (Å²) in [6.45, 7) is 0.557. The monoisotopic (exact) mass is 401 g/mol. The van der Waals surface area contributed by atoms with Crippen LogP contribution in [0.15, 0.2) is 21.5 Å². The molecule has 0 atom stereocenters. The van der Waals surface area contributed by atoms with Gasteiger partial charge in [-0.3, -0.25) is 14.5 Å². The van der Waals surface area contributed by atoms with Gasteiger partial charge in [-0.15, -0.1) is 0 Å². The summed E-state index contributed by atoms with van der Waals surface area (Å²) in [5, 5.41) is -0.294. The summed E-state index contributed by atoms with van der Waals surface area (Å²) >= 11 is 4.31. The first-order valence-corrected chi connectivity index (χ1v) is 8.28. The number of ether oxygens (including phenoxy) is 3. The molecule has 0 radical (unpaired) electrons. The van der Waals surface area contributed by atoms with Crippen LogP contribution < -0.4 is 9.47 Å². The summed E-state index contributed by atoms with van der Waals surface area (Å²) in [7, 11) is 4.60. The molecule has 124 valence electrons. The van der Waals surface area contributed by atoms with Gasteiger partial charge in [0.2, 0.25) is 0 Å². The number of hydrogen-bond donors (Lipinski definition) is 0. The lowest BCUT2D eigenvalue weighted by molar-refractivity contribution is -0.123. The zero-order valence-corrected chi connectivity index (χ0v) is 15.3. The molecule has 1 saturated heterocycles. The van der Waals surface area contributed by atoms with Crippen molar-refractivity contribution >= 4 is 44.9 Å². The van der Waals surface area contributed by atoms with Crippen molar-refractivity contribution in [1.29, 1.82) is 0 Å². The highest BCUT2D eigenvalue weighted by Crippen LogP contribution is 2.38. The molecule has 0 bridgehead atoms. The van der Waals surface area contributed by atoms with Crippen molar-refractivity contribution in [2.24, 2.45) is 0 Å². The molecule has 1 aliphatic heterocycles. The lowest BCUT2D eigenvalue weighted by atomic mass is 10.2. The fraction of sp³-hybridized carbons (Fsp3) is 0.333. The normalized spacial score (nSPS) is 16.3. The number of halogens is 1. The quantitative estimate of drug-likeness (QED) is 0.682. The standard InChI is InChI=1S/C15H16BrNO5S/c1-20-5-4-17-14(18)12(23-15(17)19)8-9-6-10(16)13(22-3)11(7-9)21-2/h6-8H,4-5H2,1-3H3/b12-8-. The molecule has 6 nitrogen and oxygen atoms in total. The average molecular weight is 402 g/mol. The van der Waals surface area contributed by atoms with Crippen LogP contribution in [-0.4, -0.2) is 50.5 Å². The minimum absolute atomic E-state index is 0.244. The van der Waals surface area contributed by atoms with Gasteiger partial charge < -0.3 is 14.2 Å². The van der Waals surface area contributed by atoms with Gasteiger partial charge in [0.25, 0.3) is 11.1 Å². The van der Waals surface area contributed by atoms with Crippen LogP contribution in [0.25, 0.3) is 6.08 Å². The molecular weight excluding hydrogens is 386 g/mol. The number of nitrogens with zero attached hydrogens (tertiary/aromatic N) is 1. The van der Waals surface area contributed by atoms with E-state index in [0.717, 1.165) is 17.3 Å². The molecule has 1 fully saturated rings. The predicted molar refractivity (Wildman–Crippen MR) is 91.8 cm³/mol. The van der Waals surface area contributed by atoms with E-state index < -0.39 is 0 Å². The summed E-state index contributed by atoms with van der Waals surface area (Å²) in [4.78, 5) is 25.7. The van der Waals surface area contributed by atoms with Gasteiger partial charge in [0.05, 0.1) is 36.7 Å². The van der Waals surface area contributed by atoms with Crippen LogP contribution in [-0.2, 0) is 9.53 Å². The van der Waals surface area contributed by atoms with E-state index in [1.807, 2.05) is 0 Å². The second kappa shape index (κ2) is 7.85. The number of carbonyl (C=O) groups excluding carboxylic acids is 2. The van der Waals surface area contributed by atoms with Crippen molar-refractivity contribution in [2.45, 2.75) is 0 Å². The van der Waals surface area contributed by atoms with E-state index in [2.05, 4.69) is 15.9 Å². The number of benzene rings is 1. The summed E-state index contributed by atoms with van der Waals surface area (Å²) in [6, 6.07) is 3.54. The van der Waals surface area contributed by atoms with Gasteiger partial charge in [0.15, 0.2) is 11.5 Å². The summed E-state index contributed by atoms with van der Waals surface area (Å²) in [5.41, 5.74) is 0.728. The zero-order chi connectivity index (χ0) is 17.0. The highest BCUT2D eigenvalue weighted by Gasteiger charge is 2.34. The van der Waals surface area contributed by atoms with E-state index in [1.54, 1.807) is 25.3 Å². The Morgan fingerprint density at radius 1 is 1.22 bits per heavy atom. The van der Waals surface area contributed by atoms with E-state index in [4.69, 9.17) is 14.2 Å². The van der Waals surface area contributed by atoms with Crippen LogP contribution in [0.1, 0.15) is 5.56 Å². The van der Waals surface area contributed by atoms with Gasteiger partial charge in [-0.05, 0) is 51.5 Å². The Morgan fingerprint density at radius 3 is 2.57 bits per heavy atom. The molecule has 23 heavy (non-hydrogen) atoms. The van der Waals surface area contributed by atoms with Gasteiger partial charge in [-0.1, -0.05) is 0 Å². The van der Waals surface area contributed by atoms with Gasteiger partial charge in [-0.2, -0.15) is 0 Å². The summed E-state index contributed by atoms with van der Waals surface area (Å²) < 4.78 is 16.1. The first-order valence-electron chi connectivity index (χ1n) is 6.67. The third-order valence-corrected chi connectivity index (χ3v) is 4.64. The molecular formula is C15H16BrNO5S. The topological polar surface area (TPSA) is 65.1 Å². The molecule has 1 aromatic carbocycles. The predicted octanol–water partition coefficient (Wildman–Crippen LogP) is 3.15. The van der Waals surface area contributed by atoms with E-state index in [-0.39, 0.29) is 17.7 Å². The number of hydrogen-bond acceptors (Lipinski definition) is 6. The van der Waals surface area contributed by atoms with Crippen LogP contribution in [0.5, 0.6) is 11.5 Å². The maximum absolute atomic E-state index is 12.3. The summed E-state index contributed by atoms with van der Waals surface area (Å²) in [6.07, 6.45) is 1.66. The largest absolute Gasteiger partial charge is 0.493 e. The van der Waals surface area contributed by atoms with Crippen molar-refractivity contribution in [2.75, 3.05) is 34.5 Å². The van der Waals surface area contributed by atoms with E-state index in [0.29, 0.717) is 27.5 Å². The van der Waals surface area contributed by atoms with Gasteiger partial charge >= 0.3 is 0 Å². The molecule has 1 aliphatic rings. The fourth-order valence-corrected chi connectivity index (χ4v) is 3.53. The molecule has 2 rings (SSSR count). The number of methoxy groups -OCH3 is 3. The van der Waals surface area contributed by atoms with Crippen molar-refractivity contribution in [3.8, 4) is 11.5 Å². The Morgan fingerprint density at radius 2 is 1.96 bits per heavy atom. The molecule has 8 heteroatoms. The van der Waals surface area contributed by atoms with Crippen LogP contribution >= 0.6 is 27.7 Å². The smallest absolute Gasteiger partial charge is 0.293 e. The third-order valence-electron chi connectivity index (χ3n) is 3.15. The van der Waals surface area contributed by atoms with Crippen molar-refractivity contribution < 1.29 is 23.8 Å². The zero-order valence-electron chi connectivity index (χ0n) is 12.9. The highest BCUT2D eigenvalue weighted by atomic mass is 79.9. The number of imide groups is 1. The second-order valence-electron chi connectivity index (χ2n) is 4.56. The third kappa shape index (κ3) is 3.88. The van der Waals surface area contributed by atoms with E-state index in [9.17, 15) is 9.59 Å². The lowest BCUT2D eigenvalue weighted by Gasteiger charge is -2.11. The molecule has 0 spiro atoms. The highest BCUT2D eigenvalue weighted by molar-refractivity contribution is 9.10.